The van der Waals surface area contributed by atoms with E-state index in [0.29, 0.717) is 27.9 Å². The topological polar surface area (TPSA) is 29.1 Å². The molecular weight excluding hydrogens is 268 g/mol. The normalized spacial score (nSPS) is 12.2. The molecule has 0 bridgehead atoms. The zero-order valence-electron chi connectivity index (χ0n) is 8.77. The Morgan fingerprint density at radius 3 is 2.44 bits per heavy atom. The summed E-state index contributed by atoms with van der Waals surface area (Å²) < 4.78 is 0. The highest BCUT2D eigenvalue weighted by Crippen LogP contribution is 2.24. The van der Waals surface area contributed by atoms with Crippen molar-refractivity contribution in [3.05, 3.63) is 33.8 Å². The van der Waals surface area contributed by atoms with Crippen molar-refractivity contribution in [2.24, 2.45) is 0 Å². The highest BCUT2D eigenvalue weighted by Gasteiger charge is 2.15. The summed E-state index contributed by atoms with van der Waals surface area (Å²) in [5.74, 6) is 0.228. The largest absolute Gasteiger partial charge is 0.349 e. The number of rotatable bonds is 4. The molecule has 0 aliphatic carbocycles. The van der Waals surface area contributed by atoms with E-state index in [4.69, 9.17) is 34.8 Å². The quantitative estimate of drug-likeness (QED) is 0.836. The van der Waals surface area contributed by atoms with E-state index in [2.05, 4.69) is 5.32 Å². The zero-order valence-corrected chi connectivity index (χ0v) is 11.0. The molecule has 1 aromatic rings. The van der Waals surface area contributed by atoms with Gasteiger partial charge in [0.25, 0.3) is 5.91 Å². The number of amides is 1. The Bertz CT molecular complexity index is 361. The van der Waals surface area contributed by atoms with Crippen molar-refractivity contribution >= 4 is 40.7 Å². The van der Waals surface area contributed by atoms with Crippen LogP contribution in [0, 0.1) is 0 Å². The van der Waals surface area contributed by atoms with Crippen LogP contribution in [0.25, 0.3) is 0 Å². The highest BCUT2D eigenvalue weighted by atomic mass is 35.5. The number of nitrogens with one attached hydrogen (secondary N) is 1. The van der Waals surface area contributed by atoms with Crippen LogP contribution >= 0.6 is 34.8 Å². The lowest BCUT2D eigenvalue weighted by Gasteiger charge is -2.13. The lowest BCUT2D eigenvalue weighted by molar-refractivity contribution is 0.0940. The molecule has 0 aromatic heterocycles. The van der Waals surface area contributed by atoms with Crippen molar-refractivity contribution in [1.29, 1.82) is 0 Å². The minimum atomic E-state index is -0.270. The maximum Gasteiger partial charge on any atom is 0.254 e. The number of carbonyl (C=O) groups is 1. The van der Waals surface area contributed by atoms with E-state index in [1.807, 2.05) is 6.92 Å². The fraction of sp³-hybridized carbons (Fsp3) is 0.364. The SMILES string of the molecule is CC(CCCl)NC(=O)c1c(Cl)cccc1Cl. The molecule has 2 nitrogen and oxygen atoms in total. The maximum absolute atomic E-state index is 11.8. The third-order valence-corrected chi connectivity index (χ3v) is 2.96. The second kappa shape index (κ2) is 6.33. The molecule has 5 heteroatoms. The number of carbonyl (C=O) groups excluding carboxylic acids is 1. The number of hydrogen-bond donors (Lipinski definition) is 1. The molecule has 1 N–H and O–H groups in total. The first-order valence-electron chi connectivity index (χ1n) is 4.87. The number of alkyl halides is 1. The van der Waals surface area contributed by atoms with Crippen LogP contribution < -0.4 is 5.32 Å². The average molecular weight is 281 g/mol. The van der Waals surface area contributed by atoms with Crippen molar-refractivity contribution in [2.75, 3.05) is 5.88 Å². The minimum Gasteiger partial charge on any atom is -0.349 e. The molecule has 1 aromatic carbocycles. The first-order chi connectivity index (χ1) is 7.56. The van der Waals surface area contributed by atoms with Crippen LogP contribution in [0.2, 0.25) is 10.0 Å². The minimum absolute atomic E-state index is 0.00246. The molecule has 0 aliphatic heterocycles. The van der Waals surface area contributed by atoms with Crippen LogP contribution in [0.15, 0.2) is 18.2 Å². The summed E-state index contributed by atoms with van der Waals surface area (Å²) in [6.45, 7) is 1.88. The Balaban J connectivity index is 2.80. The Morgan fingerprint density at radius 2 is 1.94 bits per heavy atom. The summed E-state index contributed by atoms with van der Waals surface area (Å²) in [4.78, 5) is 11.8. The first kappa shape index (κ1) is 13.6. The van der Waals surface area contributed by atoms with Gasteiger partial charge >= 0.3 is 0 Å². The molecule has 0 saturated carbocycles. The van der Waals surface area contributed by atoms with Crippen molar-refractivity contribution in [2.45, 2.75) is 19.4 Å². The van der Waals surface area contributed by atoms with E-state index in [1.165, 1.54) is 0 Å². The van der Waals surface area contributed by atoms with Crippen LogP contribution in [0.4, 0.5) is 0 Å². The third kappa shape index (κ3) is 3.55. The maximum atomic E-state index is 11.8. The van der Waals surface area contributed by atoms with E-state index in [0.717, 1.165) is 0 Å². The summed E-state index contributed by atoms with van der Waals surface area (Å²) >= 11 is 17.4. The van der Waals surface area contributed by atoms with Crippen LogP contribution in [0.3, 0.4) is 0 Å². The predicted molar refractivity (Wildman–Crippen MR) is 68.7 cm³/mol. The van der Waals surface area contributed by atoms with Gasteiger partial charge in [0.05, 0.1) is 15.6 Å². The Labute approximate surface area is 110 Å². The third-order valence-electron chi connectivity index (χ3n) is 2.11. The van der Waals surface area contributed by atoms with Gasteiger partial charge in [0.2, 0.25) is 0 Å². The van der Waals surface area contributed by atoms with Crippen molar-refractivity contribution in [3.63, 3.8) is 0 Å². The fourth-order valence-corrected chi connectivity index (χ4v) is 2.14. The number of hydrogen-bond acceptors (Lipinski definition) is 1. The molecule has 0 heterocycles. The monoisotopic (exact) mass is 279 g/mol. The number of benzene rings is 1. The zero-order chi connectivity index (χ0) is 12.1. The van der Waals surface area contributed by atoms with E-state index in [-0.39, 0.29) is 11.9 Å². The Morgan fingerprint density at radius 1 is 1.38 bits per heavy atom. The molecule has 16 heavy (non-hydrogen) atoms. The average Bonchev–Trinajstić information content (AvgIpc) is 2.17. The van der Waals surface area contributed by atoms with Crippen LogP contribution in [-0.4, -0.2) is 17.8 Å². The lowest BCUT2D eigenvalue weighted by atomic mass is 10.2. The molecule has 0 aliphatic rings. The van der Waals surface area contributed by atoms with Gasteiger partial charge in [-0.15, -0.1) is 11.6 Å². The number of halogens is 3. The fourth-order valence-electron chi connectivity index (χ4n) is 1.25. The van der Waals surface area contributed by atoms with Crippen molar-refractivity contribution in [1.82, 2.24) is 5.32 Å². The molecule has 1 atom stereocenters. The second-order valence-electron chi connectivity index (χ2n) is 3.45. The summed E-state index contributed by atoms with van der Waals surface area (Å²) in [7, 11) is 0. The van der Waals surface area contributed by atoms with Gasteiger partial charge in [0, 0.05) is 11.9 Å². The van der Waals surface area contributed by atoms with Gasteiger partial charge in [-0.3, -0.25) is 4.79 Å². The standard InChI is InChI=1S/C11H12Cl3NO/c1-7(5-6-12)15-11(16)10-8(13)3-2-4-9(10)14/h2-4,7H,5-6H2,1H3,(H,15,16). The molecule has 0 fully saturated rings. The Hall–Kier alpha value is -0.440. The molecule has 88 valence electrons. The van der Waals surface area contributed by atoms with E-state index in [9.17, 15) is 4.79 Å². The van der Waals surface area contributed by atoms with Gasteiger partial charge in [-0.05, 0) is 25.5 Å². The van der Waals surface area contributed by atoms with Gasteiger partial charge in [0.1, 0.15) is 0 Å². The molecule has 1 unspecified atom stereocenters. The molecule has 0 saturated heterocycles. The van der Waals surface area contributed by atoms with E-state index < -0.39 is 0 Å². The van der Waals surface area contributed by atoms with Gasteiger partial charge in [-0.2, -0.15) is 0 Å². The van der Waals surface area contributed by atoms with Crippen molar-refractivity contribution in [3.8, 4) is 0 Å². The predicted octanol–water partition coefficient (Wildman–Crippen LogP) is 3.74. The second-order valence-corrected chi connectivity index (χ2v) is 4.64. The summed E-state index contributed by atoms with van der Waals surface area (Å²) in [5, 5.41) is 3.49. The van der Waals surface area contributed by atoms with E-state index >= 15 is 0 Å². The van der Waals surface area contributed by atoms with Crippen LogP contribution in [0.1, 0.15) is 23.7 Å². The summed E-state index contributed by atoms with van der Waals surface area (Å²) in [5.41, 5.74) is 0.312. The lowest BCUT2D eigenvalue weighted by Crippen LogP contribution is -2.33. The molecular formula is C11H12Cl3NO. The molecule has 0 radical (unpaired) electrons. The Kier molecular flexibility index (Phi) is 5.39. The molecule has 1 amide bonds. The van der Waals surface area contributed by atoms with Gasteiger partial charge in [-0.25, -0.2) is 0 Å². The summed E-state index contributed by atoms with van der Waals surface area (Å²) in [6, 6.07) is 4.96. The van der Waals surface area contributed by atoms with Crippen LogP contribution in [0.5, 0.6) is 0 Å². The van der Waals surface area contributed by atoms with Crippen molar-refractivity contribution < 1.29 is 4.79 Å². The van der Waals surface area contributed by atoms with Crippen LogP contribution in [-0.2, 0) is 0 Å². The van der Waals surface area contributed by atoms with E-state index in [1.54, 1.807) is 18.2 Å². The first-order valence-corrected chi connectivity index (χ1v) is 6.16. The van der Waals surface area contributed by atoms with Gasteiger partial charge < -0.3 is 5.32 Å². The molecule has 1 rings (SSSR count). The van der Waals surface area contributed by atoms with Gasteiger partial charge in [-0.1, -0.05) is 29.3 Å². The van der Waals surface area contributed by atoms with Gasteiger partial charge in [0.15, 0.2) is 0 Å². The highest BCUT2D eigenvalue weighted by molar-refractivity contribution is 6.39. The summed E-state index contributed by atoms with van der Waals surface area (Å²) in [6.07, 6.45) is 0.704. The smallest absolute Gasteiger partial charge is 0.254 e. The molecule has 0 spiro atoms.